The topological polar surface area (TPSA) is 38.3 Å². The lowest BCUT2D eigenvalue weighted by molar-refractivity contribution is -0.137. The van der Waals surface area contributed by atoms with Gasteiger partial charge < -0.3 is 10.1 Å². The lowest BCUT2D eigenvalue weighted by Crippen LogP contribution is -2.18. The monoisotopic (exact) mass is 265 g/mol. The van der Waals surface area contributed by atoms with Gasteiger partial charge in [0, 0.05) is 0 Å². The zero-order valence-corrected chi connectivity index (χ0v) is 9.10. The second-order valence-electron chi connectivity index (χ2n) is 3.53. The maximum Gasteiger partial charge on any atom is 0.417 e. The van der Waals surface area contributed by atoms with Crippen LogP contribution in [0.15, 0.2) is 18.2 Å². The highest BCUT2D eigenvalue weighted by atomic mass is 35.5. The van der Waals surface area contributed by atoms with Crippen molar-refractivity contribution in [1.82, 2.24) is 5.32 Å². The summed E-state index contributed by atoms with van der Waals surface area (Å²) in [6.07, 6.45) is -5.07. The summed E-state index contributed by atoms with van der Waals surface area (Å²) in [5.41, 5.74) is -0.415. The minimum atomic E-state index is -4.48. The van der Waals surface area contributed by atoms with Crippen molar-refractivity contribution in [1.29, 1.82) is 0 Å². The average Bonchev–Trinajstić information content (AvgIpc) is 2.62. The quantitative estimate of drug-likeness (QED) is 0.847. The van der Waals surface area contributed by atoms with E-state index in [1.807, 2.05) is 0 Å². The van der Waals surface area contributed by atoms with Gasteiger partial charge in [-0.2, -0.15) is 13.2 Å². The number of amides is 1. The van der Waals surface area contributed by atoms with Gasteiger partial charge in [-0.15, -0.1) is 0 Å². The first-order chi connectivity index (χ1) is 7.88. The molecule has 1 saturated heterocycles. The summed E-state index contributed by atoms with van der Waals surface area (Å²) in [6, 6.07) is 2.89. The van der Waals surface area contributed by atoms with E-state index < -0.39 is 28.9 Å². The molecule has 0 aromatic heterocycles. The molecule has 0 radical (unpaired) electrons. The molecule has 2 rings (SSSR count). The molecular formula is C10H7ClF3NO2. The van der Waals surface area contributed by atoms with Crippen molar-refractivity contribution in [2.45, 2.75) is 12.2 Å². The normalized spacial score (nSPS) is 20.0. The molecule has 0 spiro atoms. The van der Waals surface area contributed by atoms with Crippen molar-refractivity contribution < 1.29 is 22.7 Å². The van der Waals surface area contributed by atoms with Gasteiger partial charge in [0.25, 0.3) is 0 Å². The molecule has 1 atom stereocenters. The third kappa shape index (κ3) is 2.46. The lowest BCUT2D eigenvalue weighted by atomic mass is 10.1. The van der Waals surface area contributed by atoms with Crippen LogP contribution < -0.4 is 5.32 Å². The number of alkyl carbamates (subject to hydrolysis) is 1. The van der Waals surface area contributed by atoms with Gasteiger partial charge in [0.1, 0.15) is 6.61 Å². The summed E-state index contributed by atoms with van der Waals surface area (Å²) < 4.78 is 42.0. The van der Waals surface area contributed by atoms with Crippen LogP contribution in [0.2, 0.25) is 5.02 Å². The summed E-state index contributed by atoms with van der Waals surface area (Å²) in [5, 5.41) is 2.06. The number of rotatable bonds is 1. The van der Waals surface area contributed by atoms with E-state index in [1.165, 1.54) is 12.1 Å². The maximum absolute atomic E-state index is 12.4. The smallest absolute Gasteiger partial charge is 0.417 e. The molecule has 1 amide bonds. The van der Waals surface area contributed by atoms with E-state index in [2.05, 4.69) is 10.1 Å². The third-order valence-corrected chi connectivity index (χ3v) is 2.69. The molecule has 0 bridgehead atoms. The van der Waals surface area contributed by atoms with Gasteiger partial charge in [0.15, 0.2) is 0 Å². The van der Waals surface area contributed by atoms with Crippen LogP contribution in [0.25, 0.3) is 0 Å². The second-order valence-corrected chi connectivity index (χ2v) is 3.94. The summed E-state index contributed by atoms with van der Waals surface area (Å²) in [7, 11) is 0. The van der Waals surface area contributed by atoms with Crippen LogP contribution in [0, 0.1) is 0 Å². The molecule has 1 aliphatic rings. The number of hydrogen-bond donors (Lipinski definition) is 1. The van der Waals surface area contributed by atoms with Crippen LogP contribution in [-0.4, -0.2) is 12.7 Å². The number of ether oxygens (including phenoxy) is 1. The molecule has 1 unspecified atom stereocenters. The Morgan fingerprint density at radius 2 is 2.12 bits per heavy atom. The number of carbonyl (C=O) groups is 1. The fourth-order valence-electron chi connectivity index (χ4n) is 1.54. The Balaban J connectivity index is 2.28. The Hall–Kier alpha value is -1.43. The SMILES string of the molecule is O=C1NC(c2ccc(C(F)(F)F)c(Cl)c2)CO1. The van der Waals surface area contributed by atoms with E-state index in [-0.39, 0.29) is 6.61 Å². The number of alkyl halides is 3. The Bertz CT molecular complexity index is 461. The van der Waals surface area contributed by atoms with Gasteiger partial charge >= 0.3 is 12.3 Å². The molecule has 7 heteroatoms. The molecule has 1 heterocycles. The van der Waals surface area contributed by atoms with Crippen LogP contribution in [0.1, 0.15) is 17.2 Å². The molecule has 3 nitrogen and oxygen atoms in total. The molecule has 1 fully saturated rings. The predicted molar refractivity (Wildman–Crippen MR) is 53.7 cm³/mol. The van der Waals surface area contributed by atoms with Crippen LogP contribution >= 0.6 is 11.6 Å². The van der Waals surface area contributed by atoms with Gasteiger partial charge in [-0.05, 0) is 17.7 Å². The summed E-state index contributed by atoms with van der Waals surface area (Å²) in [4.78, 5) is 10.8. The predicted octanol–water partition coefficient (Wildman–Crippen LogP) is 3.14. The van der Waals surface area contributed by atoms with E-state index in [0.29, 0.717) is 5.56 Å². The number of carbonyl (C=O) groups excluding carboxylic acids is 1. The minimum Gasteiger partial charge on any atom is -0.447 e. The first-order valence-electron chi connectivity index (χ1n) is 4.68. The third-order valence-electron chi connectivity index (χ3n) is 2.37. The highest BCUT2D eigenvalue weighted by Gasteiger charge is 2.34. The largest absolute Gasteiger partial charge is 0.447 e. The van der Waals surface area contributed by atoms with E-state index >= 15 is 0 Å². The van der Waals surface area contributed by atoms with Crippen molar-refractivity contribution >= 4 is 17.7 Å². The van der Waals surface area contributed by atoms with Gasteiger partial charge in [-0.3, -0.25) is 0 Å². The first-order valence-corrected chi connectivity index (χ1v) is 5.05. The highest BCUT2D eigenvalue weighted by molar-refractivity contribution is 6.31. The van der Waals surface area contributed by atoms with Crippen molar-refractivity contribution in [3.05, 3.63) is 34.3 Å². The number of hydrogen-bond acceptors (Lipinski definition) is 2. The Kier molecular flexibility index (Phi) is 2.91. The summed E-state index contributed by atoms with van der Waals surface area (Å²) in [5.74, 6) is 0. The van der Waals surface area contributed by atoms with E-state index in [0.717, 1.165) is 6.07 Å². The fourth-order valence-corrected chi connectivity index (χ4v) is 1.84. The van der Waals surface area contributed by atoms with Crippen LogP contribution in [-0.2, 0) is 10.9 Å². The molecular weight excluding hydrogens is 259 g/mol. The molecule has 0 saturated carbocycles. The van der Waals surface area contributed by atoms with Crippen molar-refractivity contribution in [2.75, 3.05) is 6.61 Å². The maximum atomic E-state index is 12.4. The molecule has 1 aromatic rings. The van der Waals surface area contributed by atoms with E-state index in [4.69, 9.17) is 11.6 Å². The van der Waals surface area contributed by atoms with Gasteiger partial charge in [-0.1, -0.05) is 17.7 Å². The average molecular weight is 266 g/mol. The first kappa shape index (κ1) is 12.0. The lowest BCUT2D eigenvalue weighted by Gasteiger charge is -2.12. The molecule has 0 aliphatic carbocycles. The van der Waals surface area contributed by atoms with E-state index in [1.54, 1.807) is 0 Å². The van der Waals surface area contributed by atoms with Gasteiger partial charge in [-0.25, -0.2) is 4.79 Å². The van der Waals surface area contributed by atoms with Crippen LogP contribution in [0.4, 0.5) is 18.0 Å². The number of benzene rings is 1. The summed E-state index contributed by atoms with van der Waals surface area (Å²) >= 11 is 5.56. The van der Waals surface area contributed by atoms with Crippen LogP contribution in [0.5, 0.6) is 0 Å². The minimum absolute atomic E-state index is 0.0839. The van der Waals surface area contributed by atoms with Crippen molar-refractivity contribution in [3.63, 3.8) is 0 Å². The Morgan fingerprint density at radius 3 is 2.59 bits per heavy atom. The zero-order valence-electron chi connectivity index (χ0n) is 8.34. The van der Waals surface area contributed by atoms with Crippen molar-refractivity contribution in [3.8, 4) is 0 Å². The molecule has 1 N–H and O–H groups in total. The van der Waals surface area contributed by atoms with Crippen LogP contribution in [0.3, 0.4) is 0 Å². The highest BCUT2D eigenvalue weighted by Crippen LogP contribution is 2.36. The molecule has 92 valence electrons. The van der Waals surface area contributed by atoms with Crippen molar-refractivity contribution in [2.24, 2.45) is 0 Å². The molecule has 17 heavy (non-hydrogen) atoms. The Labute approximate surface area is 99.5 Å². The molecule has 1 aliphatic heterocycles. The molecule has 1 aromatic carbocycles. The van der Waals surface area contributed by atoms with Gasteiger partial charge in [0.2, 0.25) is 0 Å². The second kappa shape index (κ2) is 4.10. The fraction of sp³-hybridized carbons (Fsp3) is 0.300. The standard InChI is InChI=1S/C10H7ClF3NO2/c11-7-3-5(8-4-17-9(16)15-8)1-2-6(7)10(12,13)14/h1-3,8H,4H2,(H,15,16). The summed E-state index contributed by atoms with van der Waals surface area (Å²) in [6.45, 7) is 0.0839. The zero-order chi connectivity index (χ0) is 12.6. The Morgan fingerprint density at radius 1 is 1.41 bits per heavy atom. The number of nitrogens with one attached hydrogen (secondary N) is 1. The van der Waals surface area contributed by atoms with Gasteiger partial charge in [0.05, 0.1) is 16.6 Å². The van der Waals surface area contributed by atoms with E-state index in [9.17, 15) is 18.0 Å². The number of cyclic esters (lactones) is 1. The number of halogens is 4.